The summed E-state index contributed by atoms with van der Waals surface area (Å²) >= 11 is 0. The van der Waals surface area contributed by atoms with E-state index in [1.165, 1.54) is 16.7 Å². The molecule has 0 fully saturated rings. The Labute approximate surface area is 146 Å². The first kappa shape index (κ1) is 15.4. The summed E-state index contributed by atoms with van der Waals surface area (Å²) in [6, 6.07) is 17.7. The molecule has 0 spiro atoms. The maximum Gasteiger partial charge on any atom is 0.0710 e. The third-order valence-corrected chi connectivity index (χ3v) is 10.1. The lowest BCUT2D eigenvalue weighted by Gasteiger charge is -2.36. The molecule has 2 aromatic rings. The molecule has 0 N–H and O–H groups in total. The van der Waals surface area contributed by atoms with Gasteiger partial charge in [-0.2, -0.15) is 0 Å². The second-order valence-electron chi connectivity index (χ2n) is 7.61. The van der Waals surface area contributed by atoms with E-state index in [2.05, 4.69) is 98.9 Å². The molecule has 0 nitrogen and oxygen atoms in total. The zero-order valence-corrected chi connectivity index (χ0v) is 15.7. The molecule has 0 bridgehead atoms. The molecule has 0 aromatic heterocycles. The molecular formula is C23H24Si. The van der Waals surface area contributed by atoms with E-state index in [-0.39, 0.29) is 0 Å². The average molecular weight is 329 g/mol. The number of fused-ring (bicyclic) bond motifs is 1. The fourth-order valence-corrected chi connectivity index (χ4v) is 8.44. The predicted molar refractivity (Wildman–Crippen MR) is 108 cm³/mol. The van der Waals surface area contributed by atoms with Crippen LogP contribution in [-0.2, 0) is 0 Å². The highest BCUT2D eigenvalue weighted by atomic mass is 28.3. The molecule has 0 amide bonds. The van der Waals surface area contributed by atoms with Gasteiger partial charge < -0.3 is 0 Å². The molecular weight excluding hydrogens is 304 g/mol. The summed E-state index contributed by atoms with van der Waals surface area (Å²) in [6.45, 7) is 7.42. The van der Waals surface area contributed by atoms with Crippen molar-refractivity contribution in [3.05, 3.63) is 89.5 Å². The normalized spacial score (nSPS) is 19.6. The van der Waals surface area contributed by atoms with Crippen LogP contribution in [0.5, 0.6) is 0 Å². The number of rotatable bonds is 3. The van der Waals surface area contributed by atoms with Gasteiger partial charge in [-0.05, 0) is 34.7 Å². The summed E-state index contributed by atoms with van der Waals surface area (Å²) < 4.78 is 0. The first-order chi connectivity index (χ1) is 11.6. The largest absolute Gasteiger partial charge is 0.0803 e. The van der Waals surface area contributed by atoms with Crippen LogP contribution in [0.2, 0.25) is 18.6 Å². The molecule has 2 aromatic carbocycles. The Morgan fingerprint density at radius 1 is 0.833 bits per heavy atom. The van der Waals surface area contributed by atoms with Crippen molar-refractivity contribution in [1.82, 2.24) is 0 Å². The van der Waals surface area contributed by atoms with Crippen molar-refractivity contribution in [2.24, 2.45) is 0 Å². The molecule has 2 aliphatic carbocycles. The quantitative estimate of drug-likeness (QED) is 0.557. The van der Waals surface area contributed by atoms with Gasteiger partial charge in [0.15, 0.2) is 0 Å². The van der Waals surface area contributed by atoms with Crippen LogP contribution in [0.4, 0.5) is 0 Å². The standard InChI is InChI=1S/C23H24Si/c1-17-16-22-20(18-10-5-4-6-11-18)14-9-15-21(22)23(17)24(2,3)19-12-7-8-13-19/h4-16,19,23H,1-3H3. The summed E-state index contributed by atoms with van der Waals surface area (Å²) in [4.78, 5) is 0. The van der Waals surface area contributed by atoms with Crippen LogP contribution < -0.4 is 0 Å². The van der Waals surface area contributed by atoms with Gasteiger partial charge in [-0.1, -0.05) is 97.6 Å². The average Bonchev–Trinajstić information content (AvgIpc) is 3.22. The number of hydrogen-bond acceptors (Lipinski definition) is 0. The van der Waals surface area contributed by atoms with Crippen molar-refractivity contribution in [3.8, 4) is 11.1 Å². The number of hydrogen-bond donors (Lipinski definition) is 0. The fraction of sp³-hybridized carbons (Fsp3) is 0.217. The van der Waals surface area contributed by atoms with E-state index in [0.717, 1.165) is 0 Å². The first-order valence-corrected chi connectivity index (χ1v) is 12.0. The molecule has 0 saturated heterocycles. The van der Waals surface area contributed by atoms with E-state index in [1.54, 1.807) is 11.1 Å². The number of benzene rings is 2. The molecule has 0 saturated carbocycles. The monoisotopic (exact) mass is 328 g/mol. The summed E-state index contributed by atoms with van der Waals surface area (Å²) in [5.41, 5.74) is 8.46. The SMILES string of the molecule is CC1=Cc2c(-c3ccccc3)cccc2C1[Si](C)(C)C1C=CC=C1. The van der Waals surface area contributed by atoms with Crippen molar-refractivity contribution in [1.29, 1.82) is 0 Å². The predicted octanol–water partition coefficient (Wildman–Crippen LogP) is 6.60. The number of allylic oxidation sites excluding steroid dienone is 5. The van der Waals surface area contributed by atoms with Crippen molar-refractivity contribution in [3.63, 3.8) is 0 Å². The molecule has 1 atom stereocenters. The van der Waals surface area contributed by atoms with Crippen LogP contribution in [0.3, 0.4) is 0 Å². The van der Waals surface area contributed by atoms with Crippen molar-refractivity contribution >= 4 is 14.1 Å². The third-order valence-electron chi connectivity index (χ3n) is 5.71. The van der Waals surface area contributed by atoms with Crippen LogP contribution in [0.15, 0.2) is 78.4 Å². The molecule has 0 heterocycles. The molecule has 4 rings (SSSR count). The maximum absolute atomic E-state index is 2.55. The molecule has 0 radical (unpaired) electrons. The zero-order chi connectivity index (χ0) is 16.7. The molecule has 24 heavy (non-hydrogen) atoms. The highest BCUT2D eigenvalue weighted by Gasteiger charge is 2.42. The van der Waals surface area contributed by atoms with Crippen LogP contribution >= 0.6 is 0 Å². The molecule has 1 unspecified atom stereocenters. The van der Waals surface area contributed by atoms with E-state index in [1.807, 2.05) is 0 Å². The van der Waals surface area contributed by atoms with E-state index in [0.29, 0.717) is 11.1 Å². The van der Waals surface area contributed by atoms with Crippen molar-refractivity contribution in [2.75, 3.05) is 0 Å². The van der Waals surface area contributed by atoms with Crippen LogP contribution in [0.1, 0.15) is 23.6 Å². The van der Waals surface area contributed by atoms with E-state index < -0.39 is 8.07 Å². The fourth-order valence-electron chi connectivity index (χ4n) is 4.53. The first-order valence-electron chi connectivity index (χ1n) is 8.80. The van der Waals surface area contributed by atoms with Gasteiger partial charge in [-0.15, -0.1) is 0 Å². The molecule has 0 aliphatic heterocycles. The Bertz CT molecular complexity index is 841. The summed E-state index contributed by atoms with van der Waals surface area (Å²) in [5, 5.41) is 0. The van der Waals surface area contributed by atoms with Crippen LogP contribution in [-0.4, -0.2) is 8.07 Å². The van der Waals surface area contributed by atoms with Gasteiger partial charge in [0.1, 0.15) is 0 Å². The Kier molecular flexibility index (Phi) is 3.69. The third kappa shape index (κ3) is 2.35. The van der Waals surface area contributed by atoms with E-state index in [4.69, 9.17) is 0 Å². The minimum Gasteiger partial charge on any atom is -0.0803 e. The second-order valence-corrected chi connectivity index (χ2v) is 12.5. The Morgan fingerprint density at radius 3 is 2.25 bits per heavy atom. The summed E-state index contributed by atoms with van der Waals surface area (Å²) in [7, 11) is -1.52. The minimum absolute atomic E-state index is 0.605. The zero-order valence-electron chi connectivity index (χ0n) is 14.7. The van der Waals surface area contributed by atoms with Gasteiger partial charge in [0.05, 0.1) is 8.07 Å². The van der Waals surface area contributed by atoms with E-state index >= 15 is 0 Å². The molecule has 2 aliphatic rings. The Balaban J connectivity index is 1.83. The Hall–Kier alpha value is -2.12. The Morgan fingerprint density at radius 2 is 1.54 bits per heavy atom. The second kappa shape index (κ2) is 5.75. The lowest BCUT2D eigenvalue weighted by molar-refractivity contribution is 1.03. The molecule has 120 valence electrons. The van der Waals surface area contributed by atoms with Gasteiger partial charge in [0, 0.05) is 5.54 Å². The topological polar surface area (TPSA) is 0 Å². The highest BCUT2D eigenvalue weighted by Crippen LogP contribution is 2.49. The van der Waals surface area contributed by atoms with Crippen molar-refractivity contribution in [2.45, 2.75) is 31.1 Å². The van der Waals surface area contributed by atoms with Gasteiger partial charge in [0.2, 0.25) is 0 Å². The maximum atomic E-state index is 2.55. The van der Waals surface area contributed by atoms with Gasteiger partial charge >= 0.3 is 0 Å². The lowest BCUT2D eigenvalue weighted by atomic mass is 9.97. The van der Waals surface area contributed by atoms with Gasteiger partial charge in [-0.3, -0.25) is 0 Å². The minimum atomic E-state index is -1.52. The smallest absolute Gasteiger partial charge is 0.0710 e. The van der Waals surface area contributed by atoms with Gasteiger partial charge in [0.25, 0.3) is 0 Å². The van der Waals surface area contributed by atoms with Crippen LogP contribution in [0, 0.1) is 0 Å². The summed E-state index contributed by atoms with van der Waals surface area (Å²) in [5.74, 6) is 0. The lowest BCUT2D eigenvalue weighted by Crippen LogP contribution is -2.38. The van der Waals surface area contributed by atoms with E-state index in [9.17, 15) is 0 Å². The molecule has 1 heteroatoms. The highest BCUT2D eigenvalue weighted by molar-refractivity contribution is 6.82. The van der Waals surface area contributed by atoms with Crippen molar-refractivity contribution < 1.29 is 0 Å². The van der Waals surface area contributed by atoms with Crippen LogP contribution in [0.25, 0.3) is 17.2 Å². The summed E-state index contributed by atoms with van der Waals surface area (Å²) in [6.07, 6.45) is 11.7. The van der Waals surface area contributed by atoms with Gasteiger partial charge in [-0.25, -0.2) is 0 Å².